The molecule has 1 atom stereocenters. The van der Waals surface area contributed by atoms with Crippen molar-refractivity contribution in [3.05, 3.63) is 29.3 Å². The molecule has 0 radical (unpaired) electrons. The van der Waals surface area contributed by atoms with Gasteiger partial charge in [-0.2, -0.15) is 0 Å². The second-order valence-electron chi connectivity index (χ2n) is 5.92. The maximum absolute atomic E-state index is 5.79. The van der Waals surface area contributed by atoms with Gasteiger partial charge in [0.25, 0.3) is 0 Å². The predicted molar refractivity (Wildman–Crippen MR) is 76.9 cm³/mol. The van der Waals surface area contributed by atoms with Crippen molar-refractivity contribution in [2.75, 3.05) is 6.61 Å². The number of rotatable bonds is 4. The molecule has 1 heterocycles. The summed E-state index contributed by atoms with van der Waals surface area (Å²) in [6.45, 7) is 0.822. The van der Waals surface area contributed by atoms with Gasteiger partial charge < -0.3 is 4.74 Å². The standard InChI is InChI=1S/C16H24N2O/c17-18-15(10-12-4-2-1-3-5-12)13-6-7-16-14(11-13)8-9-19-16/h6-7,11-12,15,18H,1-5,8-10,17H2. The average Bonchev–Trinajstić information content (AvgIpc) is 2.93. The molecule has 1 saturated carbocycles. The zero-order valence-corrected chi connectivity index (χ0v) is 11.5. The highest BCUT2D eigenvalue weighted by atomic mass is 16.5. The lowest BCUT2D eigenvalue weighted by molar-refractivity contribution is 0.301. The molecule has 0 aromatic heterocycles. The third kappa shape index (κ3) is 2.93. The van der Waals surface area contributed by atoms with Gasteiger partial charge in [0, 0.05) is 12.5 Å². The Kier molecular flexibility index (Phi) is 4.04. The van der Waals surface area contributed by atoms with Crippen LogP contribution in [0.2, 0.25) is 0 Å². The number of hydrogen-bond donors (Lipinski definition) is 2. The van der Waals surface area contributed by atoms with Crippen LogP contribution in [0, 0.1) is 5.92 Å². The van der Waals surface area contributed by atoms with Crippen LogP contribution in [0.4, 0.5) is 0 Å². The van der Waals surface area contributed by atoms with Crippen LogP contribution in [0.1, 0.15) is 55.7 Å². The number of ether oxygens (including phenoxy) is 1. The van der Waals surface area contributed by atoms with E-state index in [4.69, 9.17) is 10.6 Å². The first-order valence-corrected chi connectivity index (χ1v) is 7.58. The molecule has 1 aromatic rings. The van der Waals surface area contributed by atoms with E-state index in [1.54, 1.807) is 0 Å². The molecule has 104 valence electrons. The van der Waals surface area contributed by atoms with Crippen LogP contribution in [0.15, 0.2) is 18.2 Å². The van der Waals surface area contributed by atoms with E-state index < -0.39 is 0 Å². The summed E-state index contributed by atoms with van der Waals surface area (Å²) in [5.41, 5.74) is 5.67. The van der Waals surface area contributed by atoms with Gasteiger partial charge in [0.15, 0.2) is 0 Å². The van der Waals surface area contributed by atoms with Gasteiger partial charge in [-0.15, -0.1) is 0 Å². The molecule has 2 aliphatic rings. The molecule has 1 aromatic carbocycles. The number of nitrogens with one attached hydrogen (secondary N) is 1. The molecule has 19 heavy (non-hydrogen) atoms. The zero-order chi connectivity index (χ0) is 13.1. The molecule has 3 nitrogen and oxygen atoms in total. The Bertz CT molecular complexity index is 427. The summed E-state index contributed by atoms with van der Waals surface area (Å²) in [4.78, 5) is 0. The van der Waals surface area contributed by atoms with Crippen LogP contribution in [0.3, 0.4) is 0 Å². The Morgan fingerprint density at radius 2 is 2.11 bits per heavy atom. The lowest BCUT2D eigenvalue weighted by Gasteiger charge is -2.26. The van der Waals surface area contributed by atoms with Crippen molar-refractivity contribution >= 4 is 0 Å². The fourth-order valence-electron chi connectivity index (χ4n) is 3.48. The highest BCUT2D eigenvalue weighted by Gasteiger charge is 2.21. The van der Waals surface area contributed by atoms with E-state index in [1.165, 1.54) is 43.2 Å². The van der Waals surface area contributed by atoms with Gasteiger partial charge in [-0.25, -0.2) is 0 Å². The first kappa shape index (κ1) is 12.9. The molecular weight excluding hydrogens is 236 g/mol. The number of hydrogen-bond acceptors (Lipinski definition) is 3. The third-order valence-electron chi connectivity index (χ3n) is 4.61. The lowest BCUT2D eigenvalue weighted by Crippen LogP contribution is -2.30. The van der Waals surface area contributed by atoms with Crippen molar-refractivity contribution in [1.82, 2.24) is 5.43 Å². The Morgan fingerprint density at radius 3 is 2.89 bits per heavy atom. The Hall–Kier alpha value is -1.06. The number of hydrazine groups is 1. The molecule has 1 fully saturated rings. The van der Waals surface area contributed by atoms with E-state index in [0.717, 1.165) is 31.1 Å². The fraction of sp³-hybridized carbons (Fsp3) is 0.625. The average molecular weight is 260 g/mol. The van der Waals surface area contributed by atoms with E-state index in [0.29, 0.717) is 0 Å². The van der Waals surface area contributed by atoms with Crippen molar-refractivity contribution in [2.45, 2.75) is 51.0 Å². The molecule has 0 saturated heterocycles. The van der Waals surface area contributed by atoms with E-state index in [-0.39, 0.29) is 6.04 Å². The summed E-state index contributed by atoms with van der Waals surface area (Å²) < 4.78 is 5.57. The first-order valence-electron chi connectivity index (χ1n) is 7.58. The summed E-state index contributed by atoms with van der Waals surface area (Å²) in [6, 6.07) is 6.82. The summed E-state index contributed by atoms with van der Waals surface area (Å²) in [6.07, 6.45) is 9.12. The van der Waals surface area contributed by atoms with Crippen molar-refractivity contribution in [3.8, 4) is 5.75 Å². The van der Waals surface area contributed by atoms with Crippen molar-refractivity contribution in [1.29, 1.82) is 0 Å². The van der Waals surface area contributed by atoms with E-state index in [9.17, 15) is 0 Å². The van der Waals surface area contributed by atoms with Gasteiger partial charge in [-0.1, -0.05) is 44.2 Å². The van der Waals surface area contributed by atoms with Gasteiger partial charge in [-0.3, -0.25) is 11.3 Å². The molecule has 0 bridgehead atoms. The number of fused-ring (bicyclic) bond motifs is 1. The van der Waals surface area contributed by atoms with Gasteiger partial charge in [-0.05, 0) is 29.5 Å². The predicted octanol–water partition coefficient (Wildman–Crippen LogP) is 3.10. The molecule has 3 N–H and O–H groups in total. The molecular formula is C16H24N2O. The van der Waals surface area contributed by atoms with E-state index in [2.05, 4.69) is 23.6 Å². The molecule has 3 heteroatoms. The van der Waals surface area contributed by atoms with Crippen molar-refractivity contribution in [3.63, 3.8) is 0 Å². The molecule has 0 amide bonds. The monoisotopic (exact) mass is 260 g/mol. The quantitative estimate of drug-likeness (QED) is 0.646. The van der Waals surface area contributed by atoms with E-state index >= 15 is 0 Å². The minimum absolute atomic E-state index is 0.286. The van der Waals surface area contributed by atoms with E-state index in [1.807, 2.05) is 0 Å². The normalized spacial score (nSPS) is 20.9. The summed E-state index contributed by atoms with van der Waals surface area (Å²) in [7, 11) is 0. The summed E-state index contributed by atoms with van der Waals surface area (Å²) in [5.74, 6) is 7.67. The second-order valence-corrected chi connectivity index (χ2v) is 5.92. The minimum Gasteiger partial charge on any atom is -0.493 e. The van der Waals surface area contributed by atoms with Crippen LogP contribution >= 0.6 is 0 Å². The molecule has 0 spiro atoms. The smallest absolute Gasteiger partial charge is 0.122 e. The van der Waals surface area contributed by atoms with Gasteiger partial charge >= 0.3 is 0 Å². The molecule has 1 aliphatic carbocycles. The largest absolute Gasteiger partial charge is 0.493 e. The van der Waals surface area contributed by atoms with Crippen LogP contribution in [-0.2, 0) is 6.42 Å². The SMILES string of the molecule is NNC(CC1CCCCC1)c1ccc2c(c1)CCO2. The Balaban J connectivity index is 1.70. The number of benzene rings is 1. The van der Waals surface area contributed by atoms with Crippen molar-refractivity contribution in [2.24, 2.45) is 11.8 Å². The Morgan fingerprint density at radius 1 is 1.26 bits per heavy atom. The van der Waals surface area contributed by atoms with Crippen LogP contribution in [-0.4, -0.2) is 6.61 Å². The highest BCUT2D eigenvalue weighted by Crippen LogP contribution is 2.34. The summed E-state index contributed by atoms with van der Waals surface area (Å²) >= 11 is 0. The highest BCUT2D eigenvalue weighted by molar-refractivity contribution is 5.40. The maximum atomic E-state index is 5.79. The van der Waals surface area contributed by atoms with Crippen LogP contribution < -0.4 is 16.0 Å². The topological polar surface area (TPSA) is 47.3 Å². The molecule has 3 rings (SSSR count). The van der Waals surface area contributed by atoms with Gasteiger partial charge in [0.1, 0.15) is 5.75 Å². The van der Waals surface area contributed by atoms with Crippen LogP contribution in [0.5, 0.6) is 5.75 Å². The molecule has 1 aliphatic heterocycles. The maximum Gasteiger partial charge on any atom is 0.122 e. The van der Waals surface area contributed by atoms with Crippen LogP contribution in [0.25, 0.3) is 0 Å². The fourth-order valence-corrected chi connectivity index (χ4v) is 3.48. The lowest BCUT2D eigenvalue weighted by atomic mass is 9.83. The first-order chi connectivity index (χ1) is 9.36. The Labute approximate surface area is 115 Å². The minimum atomic E-state index is 0.286. The zero-order valence-electron chi connectivity index (χ0n) is 11.5. The van der Waals surface area contributed by atoms with Gasteiger partial charge in [0.2, 0.25) is 0 Å². The van der Waals surface area contributed by atoms with Crippen molar-refractivity contribution < 1.29 is 4.74 Å². The number of nitrogens with two attached hydrogens (primary N) is 1. The summed E-state index contributed by atoms with van der Waals surface area (Å²) in [5, 5.41) is 0. The second kappa shape index (κ2) is 5.93. The van der Waals surface area contributed by atoms with Gasteiger partial charge in [0.05, 0.1) is 6.61 Å². The molecule has 1 unspecified atom stereocenters. The third-order valence-corrected chi connectivity index (χ3v) is 4.61.